The zero-order valence-corrected chi connectivity index (χ0v) is 15.0. The summed E-state index contributed by atoms with van der Waals surface area (Å²) in [7, 11) is 3.59. The first-order chi connectivity index (χ1) is 11.0. The first kappa shape index (κ1) is 18.1. The molecule has 0 bridgehead atoms. The number of hydrogen-bond acceptors (Lipinski definition) is 3. The Morgan fingerprint density at radius 2 is 2.09 bits per heavy atom. The molecule has 4 nitrogen and oxygen atoms in total. The molecule has 1 N–H and O–H groups in total. The van der Waals surface area contributed by atoms with E-state index in [9.17, 15) is 4.79 Å². The van der Waals surface area contributed by atoms with Gasteiger partial charge in [0.2, 0.25) is 5.91 Å². The van der Waals surface area contributed by atoms with E-state index in [-0.39, 0.29) is 11.9 Å². The van der Waals surface area contributed by atoms with Crippen LogP contribution in [0.25, 0.3) is 0 Å². The number of carbonyl (C=O) groups is 1. The van der Waals surface area contributed by atoms with Gasteiger partial charge in [0.25, 0.3) is 0 Å². The van der Waals surface area contributed by atoms with Gasteiger partial charge in [0, 0.05) is 23.2 Å². The van der Waals surface area contributed by atoms with Gasteiger partial charge in [0.15, 0.2) is 0 Å². The number of benzene rings is 1. The molecule has 1 aromatic carbocycles. The van der Waals surface area contributed by atoms with Crippen molar-refractivity contribution >= 4 is 17.5 Å². The van der Waals surface area contributed by atoms with Crippen LogP contribution in [0.2, 0.25) is 5.02 Å². The van der Waals surface area contributed by atoms with E-state index in [1.54, 1.807) is 7.11 Å². The first-order valence-electron chi connectivity index (χ1n) is 8.34. The normalized spacial score (nSPS) is 17.1. The number of ether oxygens (including phenoxy) is 1. The smallest absolute Gasteiger partial charge is 0.237 e. The van der Waals surface area contributed by atoms with Gasteiger partial charge in [-0.25, -0.2) is 0 Å². The highest BCUT2D eigenvalue weighted by Gasteiger charge is 2.23. The minimum Gasteiger partial charge on any atom is -0.496 e. The van der Waals surface area contributed by atoms with Gasteiger partial charge in [-0.3, -0.25) is 9.69 Å². The summed E-state index contributed by atoms with van der Waals surface area (Å²) in [5, 5.41) is 3.86. The second-order valence-electron chi connectivity index (χ2n) is 6.39. The molecular formula is C18H27ClN2O2. The minimum absolute atomic E-state index is 0.0976. The van der Waals surface area contributed by atoms with Gasteiger partial charge in [-0.2, -0.15) is 0 Å². The van der Waals surface area contributed by atoms with Crippen molar-refractivity contribution in [3.05, 3.63) is 28.8 Å². The van der Waals surface area contributed by atoms with Crippen LogP contribution in [0, 0.1) is 0 Å². The van der Waals surface area contributed by atoms with Gasteiger partial charge in [-0.1, -0.05) is 30.9 Å². The number of nitrogens with zero attached hydrogens (tertiary/aromatic N) is 1. The van der Waals surface area contributed by atoms with Crippen molar-refractivity contribution in [2.45, 2.75) is 57.7 Å². The third-order valence-corrected chi connectivity index (χ3v) is 4.89. The average Bonchev–Trinajstić information content (AvgIpc) is 2.55. The molecule has 0 saturated heterocycles. The number of hydrogen-bond donors (Lipinski definition) is 1. The summed E-state index contributed by atoms with van der Waals surface area (Å²) >= 11 is 6.07. The van der Waals surface area contributed by atoms with E-state index in [0.717, 1.165) is 24.2 Å². The average molecular weight is 339 g/mol. The molecule has 1 atom stereocenters. The highest BCUT2D eigenvalue weighted by molar-refractivity contribution is 6.30. The lowest BCUT2D eigenvalue weighted by Crippen LogP contribution is -2.47. The largest absolute Gasteiger partial charge is 0.496 e. The van der Waals surface area contributed by atoms with E-state index in [1.165, 1.54) is 19.3 Å². The molecule has 2 rings (SSSR count). The lowest BCUT2D eigenvalue weighted by atomic mass is 9.95. The third-order valence-electron chi connectivity index (χ3n) is 4.65. The summed E-state index contributed by atoms with van der Waals surface area (Å²) < 4.78 is 5.38. The summed E-state index contributed by atoms with van der Waals surface area (Å²) in [6, 6.07) is 5.71. The summed E-state index contributed by atoms with van der Waals surface area (Å²) in [5.74, 6) is 0.890. The van der Waals surface area contributed by atoms with E-state index >= 15 is 0 Å². The number of carbonyl (C=O) groups excluding carboxylic acids is 1. The van der Waals surface area contributed by atoms with Crippen molar-refractivity contribution in [3.8, 4) is 5.75 Å². The molecule has 128 valence electrons. The van der Waals surface area contributed by atoms with Crippen molar-refractivity contribution < 1.29 is 9.53 Å². The SMILES string of the molecule is COc1ccc(Cl)cc1CN(C)[C@@H](C)C(=O)NC1CCCCC1. The topological polar surface area (TPSA) is 41.6 Å². The molecule has 5 heteroatoms. The Labute approximate surface area is 144 Å². The number of methoxy groups -OCH3 is 1. The number of halogens is 1. The van der Waals surface area contributed by atoms with Crippen LogP contribution in [-0.2, 0) is 11.3 Å². The van der Waals surface area contributed by atoms with Crippen molar-refractivity contribution in [1.29, 1.82) is 0 Å². The predicted octanol–water partition coefficient (Wildman–Crippen LogP) is 3.62. The van der Waals surface area contributed by atoms with E-state index in [0.29, 0.717) is 17.6 Å². The second kappa shape index (κ2) is 8.55. The minimum atomic E-state index is -0.194. The molecule has 0 unspecified atom stereocenters. The Kier molecular flexibility index (Phi) is 6.72. The Bertz CT molecular complexity index is 530. The van der Waals surface area contributed by atoms with Gasteiger partial charge >= 0.3 is 0 Å². The van der Waals surface area contributed by atoms with Gasteiger partial charge in [-0.05, 0) is 45.0 Å². The van der Waals surface area contributed by atoms with Crippen LogP contribution in [0.4, 0.5) is 0 Å². The fourth-order valence-corrected chi connectivity index (χ4v) is 3.24. The Balaban J connectivity index is 1.94. The van der Waals surface area contributed by atoms with Crippen LogP contribution in [0.15, 0.2) is 18.2 Å². The number of amides is 1. The van der Waals surface area contributed by atoms with Gasteiger partial charge < -0.3 is 10.1 Å². The molecular weight excluding hydrogens is 312 g/mol. The summed E-state index contributed by atoms with van der Waals surface area (Å²) in [6.45, 7) is 2.55. The number of nitrogens with one attached hydrogen (secondary N) is 1. The predicted molar refractivity (Wildman–Crippen MR) is 93.9 cm³/mol. The van der Waals surface area contributed by atoms with Crippen LogP contribution in [0.3, 0.4) is 0 Å². The zero-order valence-electron chi connectivity index (χ0n) is 14.3. The highest BCUT2D eigenvalue weighted by Crippen LogP contribution is 2.24. The molecule has 1 aliphatic carbocycles. The van der Waals surface area contributed by atoms with Crippen molar-refractivity contribution in [2.75, 3.05) is 14.2 Å². The summed E-state index contributed by atoms with van der Waals surface area (Å²) in [4.78, 5) is 14.5. The lowest BCUT2D eigenvalue weighted by Gasteiger charge is -2.28. The number of likely N-dealkylation sites (N-methyl/N-ethyl adjacent to an activating group) is 1. The lowest BCUT2D eigenvalue weighted by molar-refractivity contribution is -0.126. The first-order valence-corrected chi connectivity index (χ1v) is 8.72. The summed E-state index contributed by atoms with van der Waals surface area (Å²) in [5.41, 5.74) is 0.986. The van der Waals surface area contributed by atoms with Crippen LogP contribution >= 0.6 is 11.6 Å². The van der Waals surface area contributed by atoms with Crippen LogP contribution in [-0.4, -0.2) is 37.0 Å². The van der Waals surface area contributed by atoms with E-state index in [1.807, 2.05) is 37.1 Å². The molecule has 0 spiro atoms. The fraction of sp³-hybridized carbons (Fsp3) is 0.611. The third kappa shape index (κ3) is 5.11. The molecule has 1 aliphatic rings. The maximum atomic E-state index is 12.5. The van der Waals surface area contributed by atoms with Crippen LogP contribution in [0.5, 0.6) is 5.75 Å². The Hall–Kier alpha value is -1.26. The molecule has 1 amide bonds. The molecule has 1 fully saturated rings. The van der Waals surface area contributed by atoms with Crippen LogP contribution in [0.1, 0.15) is 44.6 Å². The van der Waals surface area contributed by atoms with Gasteiger partial charge in [0.1, 0.15) is 5.75 Å². The summed E-state index contributed by atoms with van der Waals surface area (Å²) in [6.07, 6.45) is 5.93. The van der Waals surface area contributed by atoms with E-state index in [2.05, 4.69) is 5.32 Å². The van der Waals surface area contributed by atoms with Gasteiger partial charge in [0.05, 0.1) is 13.2 Å². The molecule has 1 saturated carbocycles. The molecule has 0 radical (unpaired) electrons. The quantitative estimate of drug-likeness (QED) is 0.861. The Morgan fingerprint density at radius 1 is 1.39 bits per heavy atom. The zero-order chi connectivity index (χ0) is 16.8. The van der Waals surface area contributed by atoms with Crippen molar-refractivity contribution in [1.82, 2.24) is 10.2 Å². The maximum absolute atomic E-state index is 12.5. The van der Waals surface area contributed by atoms with E-state index in [4.69, 9.17) is 16.3 Å². The molecule has 1 aromatic rings. The second-order valence-corrected chi connectivity index (χ2v) is 6.83. The molecule has 0 aromatic heterocycles. The fourth-order valence-electron chi connectivity index (χ4n) is 3.05. The van der Waals surface area contributed by atoms with Crippen molar-refractivity contribution in [3.63, 3.8) is 0 Å². The van der Waals surface area contributed by atoms with Crippen molar-refractivity contribution in [2.24, 2.45) is 0 Å². The van der Waals surface area contributed by atoms with Crippen LogP contribution < -0.4 is 10.1 Å². The van der Waals surface area contributed by atoms with E-state index < -0.39 is 0 Å². The highest BCUT2D eigenvalue weighted by atomic mass is 35.5. The number of rotatable bonds is 6. The molecule has 0 heterocycles. The Morgan fingerprint density at radius 3 is 2.74 bits per heavy atom. The molecule has 0 aliphatic heterocycles. The molecule has 23 heavy (non-hydrogen) atoms. The van der Waals surface area contributed by atoms with Gasteiger partial charge in [-0.15, -0.1) is 0 Å². The standard InChI is InChI=1S/C18H27ClN2O2/c1-13(18(22)20-16-7-5-4-6-8-16)21(2)12-14-11-15(19)9-10-17(14)23-3/h9-11,13,16H,4-8,12H2,1-3H3,(H,20,22)/t13-/m0/s1. The maximum Gasteiger partial charge on any atom is 0.237 e. The monoisotopic (exact) mass is 338 g/mol.